The highest BCUT2D eigenvalue weighted by Gasteiger charge is 2.14. The lowest BCUT2D eigenvalue weighted by atomic mass is 10.2. The van der Waals surface area contributed by atoms with Crippen molar-refractivity contribution >= 4 is 34.7 Å². The van der Waals surface area contributed by atoms with Gasteiger partial charge in [0.1, 0.15) is 0 Å². The summed E-state index contributed by atoms with van der Waals surface area (Å²) in [5.41, 5.74) is 4.15. The van der Waals surface area contributed by atoms with Crippen molar-refractivity contribution in [2.45, 2.75) is 18.5 Å². The number of carbonyl (C=O) groups is 2. The van der Waals surface area contributed by atoms with Crippen LogP contribution in [0.15, 0.2) is 53.7 Å². The molecule has 0 saturated heterocycles. The number of para-hydroxylation sites is 2. The second-order valence-corrected chi connectivity index (χ2v) is 6.84. The van der Waals surface area contributed by atoms with Crippen LogP contribution in [0.1, 0.15) is 12.0 Å². The third-order valence-corrected chi connectivity index (χ3v) is 4.80. The summed E-state index contributed by atoms with van der Waals surface area (Å²) >= 11 is 1.49. The van der Waals surface area contributed by atoms with Crippen LogP contribution in [0.5, 0.6) is 0 Å². The molecule has 134 valence electrons. The normalized spacial score (nSPS) is 10.7. The summed E-state index contributed by atoms with van der Waals surface area (Å²) in [6.45, 7) is 2.05. The van der Waals surface area contributed by atoms with E-state index in [1.54, 1.807) is 0 Å². The Morgan fingerprint density at radius 1 is 1.12 bits per heavy atom. The van der Waals surface area contributed by atoms with Gasteiger partial charge in [-0.25, -0.2) is 9.78 Å². The highest BCUT2D eigenvalue weighted by molar-refractivity contribution is 7.99. The number of urea groups is 1. The van der Waals surface area contributed by atoms with Gasteiger partial charge in [0, 0.05) is 24.9 Å². The molecule has 3 amide bonds. The van der Waals surface area contributed by atoms with Crippen LogP contribution in [-0.4, -0.2) is 34.3 Å². The number of nitrogens with zero attached hydrogens (tertiary/aromatic N) is 2. The molecule has 0 fully saturated rings. The Balaban J connectivity index is 1.82. The molecule has 0 spiro atoms. The monoisotopic (exact) mass is 368 g/mol. The Kier molecular flexibility index (Phi) is 5.58. The largest absolute Gasteiger partial charge is 0.341 e. The number of imide groups is 1. The molecule has 0 unspecified atom stereocenters. The smallest absolute Gasteiger partial charge is 0.321 e. The van der Waals surface area contributed by atoms with Gasteiger partial charge in [-0.2, -0.15) is 0 Å². The standard InChI is InChI=1S/C19H20N4O2S/c1-13-7-9-14(10-8-13)23-16-6-4-3-5-15(16)21-19(23)26-12-11-17(24)22-18(25)20-2/h3-10H,11-12H2,1-2H3,(H2,20,22,24,25). The zero-order valence-electron chi connectivity index (χ0n) is 14.7. The van der Waals surface area contributed by atoms with Crippen LogP contribution in [0.4, 0.5) is 4.79 Å². The molecule has 6 nitrogen and oxygen atoms in total. The molecular formula is C19H20N4O2S. The van der Waals surface area contributed by atoms with Gasteiger partial charge in [-0.05, 0) is 31.2 Å². The third-order valence-electron chi connectivity index (χ3n) is 3.86. The third kappa shape index (κ3) is 4.05. The molecule has 1 aromatic heterocycles. The van der Waals surface area contributed by atoms with E-state index in [0.717, 1.165) is 21.9 Å². The van der Waals surface area contributed by atoms with Crippen LogP contribution in [0.2, 0.25) is 0 Å². The fourth-order valence-corrected chi connectivity index (χ4v) is 3.50. The van der Waals surface area contributed by atoms with Crippen molar-refractivity contribution in [3.05, 3.63) is 54.1 Å². The lowest BCUT2D eigenvalue weighted by molar-refractivity contribution is -0.119. The molecule has 2 aromatic carbocycles. The minimum Gasteiger partial charge on any atom is -0.341 e. The van der Waals surface area contributed by atoms with E-state index >= 15 is 0 Å². The van der Waals surface area contributed by atoms with Crippen molar-refractivity contribution in [1.82, 2.24) is 20.2 Å². The first-order valence-electron chi connectivity index (χ1n) is 8.27. The Hall–Kier alpha value is -2.80. The number of fused-ring (bicyclic) bond motifs is 1. The van der Waals surface area contributed by atoms with Crippen LogP contribution >= 0.6 is 11.8 Å². The molecule has 0 aliphatic rings. The van der Waals surface area contributed by atoms with Crippen LogP contribution in [-0.2, 0) is 4.79 Å². The maximum atomic E-state index is 11.8. The van der Waals surface area contributed by atoms with Crippen molar-refractivity contribution in [2.75, 3.05) is 12.8 Å². The maximum absolute atomic E-state index is 11.8. The second kappa shape index (κ2) is 8.05. The van der Waals surface area contributed by atoms with E-state index in [2.05, 4.69) is 46.4 Å². The molecule has 2 N–H and O–H groups in total. The van der Waals surface area contributed by atoms with Gasteiger partial charge in [-0.1, -0.05) is 41.6 Å². The number of carbonyl (C=O) groups excluding carboxylic acids is 2. The zero-order valence-corrected chi connectivity index (χ0v) is 15.5. The molecule has 3 aromatic rings. The number of nitrogens with one attached hydrogen (secondary N) is 2. The predicted molar refractivity (Wildman–Crippen MR) is 104 cm³/mol. The molecule has 7 heteroatoms. The number of amides is 3. The van der Waals surface area contributed by atoms with E-state index in [-0.39, 0.29) is 12.3 Å². The maximum Gasteiger partial charge on any atom is 0.321 e. The SMILES string of the molecule is CNC(=O)NC(=O)CCSc1nc2ccccc2n1-c1ccc(C)cc1. The summed E-state index contributed by atoms with van der Waals surface area (Å²) in [5, 5.41) is 5.45. The molecule has 3 rings (SSSR count). The molecule has 0 saturated carbocycles. The van der Waals surface area contributed by atoms with Gasteiger partial charge >= 0.3 is 6.03 Å². The van der Waals surface area contributed by atoms with E-state index in [9.17, 15) is 9.59 Å². The van der Waals surface area contributed by atoms with Crippen LogP contribution < -0.4 is 10.6 Å². The van der Waals surface area contributed by atoms with Gasteiger partial charge in [0.15, 0.2) is 5.16 Å². The predicted octanol–water partition coefficient (Wildman–Crippen LogP) is 3.27. The number of hydrogen-bond donors (Lipinski definition) is 2. The Labute approximate surface area is 156 Å². The molecular weight excluding hydrogens is 348 g/mol. The van der Waals surface area contributed by atoms with Gasteiger partial charge in [0.2, 0.25) is 5.91 Å². The van der Waals surface area contributed by atoms with E-state index in [0.29, 0.717) is 5.75 Å². The fraction of sp³-hybridized carbons (Fsp3) is 0.211. The first kappa shape index (κ1) is 18.0. The summed E-state index contributed by atoms with van der Waals surface area (Å²) < 4.78 is 2.09. The molecule has 0 radical (unpaired) electrons. The number of aryl methyl sites for hydroxylation is 1. The van der Waals surface area contributed by atoms with Gasteiger partial charge in [0.05, 0.1) is 11.0 Å². The zero-order chi connectivity index (χ0) is 18.5. The van der Waals surface area contributed by atoms with E-state index in [1.165, 1.54) is 24.4 Å². The van der Waals surface area contributed by atoms with Crippen molar-refractivity contribution in [2.24, 2.45) is 0 Å². The van der Waals surface area contributed by atoms with E-state index in [4.69, 9.17) is 4.98 Å². The quantitative estimate of drug-likeness (QED) is 0.678. The number of benzene rings is 2. The first-order chi connectivity index (χ1) is 12.6. The number of aromatic nitrogens is 2. The molecule has 0 bridgehead atoms. The fourth-order valence-electron chi connectivity index (χ4n) is 2.53. The van der Waals surface area contributed by atoms with Gasteiger partial charge in [-0.15, -0.1) is 0 Å². The van der Waals surface area contributed by atoms with E-state index < -0.39 is 6.03 Å². The minimum atomic E-state index is -0.494. The van der Waals surface area contributed by atoms with Gasteiger partial charge in [-0.3, -0.25) is 14.7 Å². The first-order valence-corrected chi connectivity index (χ1v) is 9.26. The Morgan fingerprint density at radius 3 is 2.58 bits per heavy atom. The summed E-state index contributed by atoms with van der Waals surface area (Å²) in [6.07, 6.45) is 0.231. The molecule has 0 aliphatic carbocycles. The van der Waals surface area contributed by atoms with Crippen molar-refractivity contribution < 1.29 is 9.59 Å². The average Bonchev–Trinajstić information content (AvgIpc) is 3.00. The number of imidazole rings is 1. The average molecular weight is 368 g/mol. The van der Waals surface area contributed by atoms with Gasteiger partial charge < -0.3 is 5.32 Å². The Bertz CT molecular complexity index is 934. The highest BCUT2D eigenvalue weighted by Crippen LogP contribution is 2.28. The van der Waals surface area contributed by atoms with Crippen molar-refractivity contribution in [1.29, 1.82) is 0 Å². The van der Waals surface area contributed by atoms with Crippen LogP contribution in [0, 0.1) is 6.92 Å². The van der Waals surface area contributed by atoms with Crippen molar-refractivity contribution in [3.63, 3.8) is 0 Å². The number of hydrogen-bond acceptors (Lipinski definition) is 4. The summed E-state index contributed by atoms with van der Waals surface area (Å²) in [6, 6.07) is 15.7. The highest BCUT2D eigenvalue weighted by atomic mass is 32.2. The summed E-state index contributed by atoms with van der Waals surface area (Å²) in [5.74, 6) is 0.215. The molecule has 1 heterocycles. The topological polar surface area (TPSA) is 76.0 Å². The molecule has 26 heavy (non-hydrogen) atoms. The summed E-state index contributed by atoms with van der Waals surface area (Å²) in [4.78, 5) is 27.6. The van der Waals surface area contributed by atoms with Gasteiger partial charge in [0.25, 0.3) is 0 Å². The lowest BCUT2D eigenvalue weighted by Gasteiger charge is -2.09. The van der Waals surface area contributed by atoms with Crippen molar-refractivity contribution in [3.8, 4) is 5.69 Å². The second-order valence-electron chi connectivity index (χ2n) is 5.78. The summed E-state index contributed by atoms with van der Waals surface area (Å²) in [7, 11) is 1.47. The lowest BCUT2D eigenvalue weighted by Crippen LogP contribution is -2.37. The number of thioether (sulfide) groups is 1. The molecule has 0 atom stereocenters. The number of rotatable bonds is 5. The minimum absolute atomic E-state index is 0.231. The molecule has 0 aliphatic heterocycles. The van der Waals surface area contributed by atoms with Crippen LogP contribution in [0.3, 0.4) is 0 Å². The van der Waals surface area contributed by atoms with Crippen LogP contribution in [0.25, 0.3) is 16.7 Å². The van der Waals surface area contributed by atoms with E-state index in [1.807, 2.05) is 24.3 Å². The Morgan fingerprint density at radius 2 is 1.85 bits per heavy atom.